The third-order valence-electron chi connectivity index (χ3n) is 4.59. The van der Waals surface area contributed by atoms with Crippen LogP contribution in [0.5, 0.6) is 0 Å². The summed E-state index contributed by atoms with van der Waals surface area (Å²) in [7, 11) is 0. The van der Waals surface area contributed by atoms with Crippen LogP contribution in [0.1, 0.15) is 32.3 Å². The van der Waals surface area contributed by atoms with Crippen molar-refractivity contribution in [1.82, 2.24) is 19.8 Å². The van der Waals surface area contributed by atoms with Crippen LogP contribution in [0.15, 0.2) is 48.0 Å². The van der Waals surface area contributed by atoms with Gasteiger partial charge in [0.2, 0.25) is 0 Å². The van der Waals surface area contributed by atoms with Gasteiger partial charge in [-0.1, -0.05) is 25.1 Å². The first-order chi connectivity index (χ1) is 11.8. The van der Waals surface area contributed by atoms with E-state index in [1.54, 1.807) is 6.20 Å². The number of nitrogens with zero attached hydrogens (tertiary/aromatic N) is 4. The summed E-state index contributed by atoms with van der Waals surface area (Å²) in [6, 6.07) is 8.38. The first kappa shape index (κ1) is 19.8. The van der Waals surface area contributed by atoms with E-state index < -0.39 is 0 Å². The van der Waals surface area contributed by atoms with E-state index in [0.29, 0.717) is 6.54 Å². The number of guanidine groups is 1. The molecule has 1 N–H and O–H groups in total. The van der Waals surface area contributed by atoms with Gasteiger partial charge < -0.3 is 14.8 Å². The first-order valence-corrected chi connectivity index (χ1v) is 8.87. The zero-order valence-corrected chi connectivity index (χ0v) is 17.4. The number of para-hydroxylation sites is 1. The van der Waals surface area contributed by atoms with Gasteiger partial charge in [0, 0.05) is 32.0 Å². The Kier molecular flexibility index (Phi) is 7.74. The molecule has 0 amide bonds. The Morgan fingerprint density at radius 2 is 2.04 bits per heavy atom. The summed E-state index contributed by atoms with van der Waals surface area (Å²) in [5.41, 5.74) is 2.35. The molecule has 1 fully saturated rings. The highest BCUT2D eigenvalue weighted by Gasteiger charge is 2.18. The van der Waals surface area contributed by atoms with Gasteiger partial charge in [0.15, 0.2) is 5.96 Å². The molecule has 1 saturated heterocycles. The Morgan fingerprint density at radius 3 is 2.72 bits per heavy atom. The topological polar surface area (TPSA) is 45.5 Å². The van der Waals surface area contributed by atoms with Crippen molar-refractivity contribution >= 4 is 29.9 Å². The number of benzene rings is 1. The van der Waals surface area contributed by atoms with E-state index in [0.717, 1.165) is 37.2 Å². The Bertz CT molecular complexity index is 660. The number of imidazole rings is 1. The highest BCUT2D eigenvalue weighted by Crippen LogP contribution is 2.18. The number of likely N-dealkylation sites (tertiary alicyclic amines) is 1. The zero-order chi connectivity index (χ0) is 16.8. The lowest BCUT2D eigenvalue weighted by Crippen LogP contribution is -2.45. The van der Waals surface area contributed by atoms with E-state index in [-0.39, 0.29) is 24.0 Å². The number of halogens is 1. The second-order valence-electron chi connectivity index (χ2n) is 6.44. The van der Waals surface area contributed by atoms with Crippen LogP contribution in [0, 0.1) is 5.92 Å². The fourth-order valence-electron chi connectivity index (χ4n) is 3.10. The summed E-state index contributed by atoms with van der Waals surface area (Å²) in [4.78, 5) is 11.4. The normalized spacial score (nSPS) is 15.8. The average molecular weight is 453 g/mol. The SMILES string of the molecule is CCNC(=NCc1ccccc1-n1ccnc1)N1CCC(C)CC1.I. The van der Waals surface area contributed by atoms with E-state index in [9.17, 15) is 0 Å². The highest BCUT2D eigenvalue weighted by atomic mass is 127. The molecule has 2 aromatic rings. The number of aromatic nitrogens is 2. The summed E-state index contributed by atoms with van der Waals surface area (Å²) in [6.07, 6.45) is 8.10. The number of hydrogen-bond donors (Lipinski definition) is 1. The molecule has 0 spiro atoms. The van der Waals surface area contributed by atoms with Gasteiger partial charge in [-0.05, 0) is 37.3 Å². The number of rotatable bonds is 4. The molecule has 2 heterocycles. The van der Waals surface area contributed by atoms with Crippen molar-refractivity contribution in [2.45, 2.75) is 33.2 Å². The van der Waals surface area contributed by atoms with Crippen LogP contribution in [0.3, 0.4) is 0 Å². The maximum absolute atomic E-state index is 4.90. The van der Waals surface area contributed by atoms with Crippen molar-refractivity contribution in [3.05, 3.63) is 48.5 Å². The van der Waals surface area contributed by atoms with Crippen molar-refractivity contribution < 1.29 is 0 Å². The summed E-state index contributed by atoms with van der Waals surface area (Å²) in [5.74, 6) is 1.86. The van der Waals surface area contributed by atoms with E-state index in [1.165, 1.54) is 18.4 Å². The molecule has 136 valence electrons. The quantitative estimate of drug-likeness (QED) is 0.437. The zero-order valence-electron chi connectivity index (χ0n) is 15.1. The van der Waals surface area contributed by atoms with Gasteiger partial charge in [0.1, 0.15) is 0 Å². The fraction of sp³-hybridized carbons (Fsp3) is 0.474. The van der Waals surface area contributed by atoms with Gasteiger partial charge in [-0.3, -0.25) is 0 Å². The molecule has 1 aromatic carbocycles. The standard InChI is InChI=1S/C19H27N5.HI/c1-3-21-19(23-11-8-16(2)9-12-23)22-14-17-6-4-5-7-18(17)24-13-10-20-15-24;/h4-7,10,13,15-16H,3,8-9,11-12,14H2,1-2H3,(H,21,22);1H. The molecule has 6 heteroatoms. The predicted octanol–water partition coefficient (Wildman–Crippen LogP) is 3.69. The lowest BCUT2D eigenvalue weighted by Gasteiger charge is -2.33. The van der Waals surface area contributed by atoms with Crippen molar-refractivity contribution in [1.29, 1.82) is 0 Å². The number of piperidine rings is 1. The minimum absolute atomic E-state index is 0. The molecule has 1 aromatic heterocycles. The van der Waals surface area contributed by atoms with Gasteiger partial charge in [-0.15, -0.1) is 24.0 Å². The van der Waals surface area contributed by atoms with Crippen LogP contribution in [0.25, 0.3) is 5.69 Å². The van der Waals surface area contributed by atoms with Gasteiger partial charge in [0.25, 0.3) is 0 Å². The third kappa shape index (κ3) is 5.20. The van der Waals surface area contributed by atoms with Crippen LogP contribution in [0.2, 0.25) is 0 Å². The third-order valence-corrected chi connectivity index (χ3v) is 4.59. The summed E-state index contributed by atoms with van der Waals surface area (Å²) in [5, 5.41) is 3.45. The lowest BCUT2D eigenvalue weighted by molar-refractivity contribution is 0.273. The van der Waals surface area contributed by atoms with Gasteiger partial charge in [0.05, 0.1) is 18.6 Å². The molecule has 0 unspecified atom stereocenters. The second kappa shape index (κ2) is 9.79. The Balaban J connectivity index is 0.00000225. The predicted molar refractivity (Wildman–Crippen MR) is 114 cm³/mol. The molecule has 0 radical (unpaired) electrons. The molecule has 3 rings (SSSR count). The molecular weight excluding hydrogens is 425 g/mol. The van der Waals surface area contributed by atoms with Crippen LogP contribution < -0.4 is 5.32 Å². The lowest BCUT2D eigenvalue weighted by atomic mass is 10.00. The molecule has 1 aliphatic heterocycles. The number of hydrogen-bond acceptors (Lipinski definition) is 2. The summed E-state index contributed by atoms with van der Waals surface area (Å²) in [6.45, 7) is 8.22. The Morgan fingerprint density at radius 1 is 1.28 bits per heavy atom. The van der Waals surface area contributed by atoms with Crippen molar-refractivity contribution in [3.8, 4) is 5.69 Å². The number of aliphatic imine (C=N–C) groups is 1. The average Bonchev–Trinajstić information content (AvgIpc) is 3.14. The van der Waals surface area contributed by atoms with E-state index in [1.807, 2.05) is 17.1 Å². The monoisotopic (exact) mass is 453 g/mol. The van der Waals surface area contributed by atoms with Crippen molar-refractivity contribution in [2.24, 2.45) is 10.9 Å². The maximum atomic E-state index is 4.90. The number of nitrogens with one attached hydrogen (secondary N) is 1. The van der Waals surface area contributed by atoms with Crippen LogP contribution in [-0.4, -0.2) is 40.0 Å². The smallest absolute Gasteiger partial charge is 0.194 e. The van der Waals surface area contributed by atoms with Crippen molar-refractivity contribution in [3.63, 3.8) is 0 Å². The van der Waals surface area contributed by atoms with E-state index in [4.69, 9.17) is 4.99 Å². The van der Waals surface area contributed by atoms with Crippen LogP contribution >= 0.6 is 24.0 Å². The molecule has 0 saturated carbocycles. The summed E-state index contributed by atoms with van der Waals surface area (Å²) < 4.78 is 2.04. The van der Waals surface area contributed by atoms with Crippen molar-refractivity contribution in [2.75, 3.05) is 19.6 Å². The second-order valence-corrected chi connectivity index (χ2v) is 6.44. The fourth-order valence-corrected chi connectivity index (χ4v) is 3.10. The Labute approximate surface area is 167 Å². The van der Waals surface area contributed by atoms with E-state index >= 15 is 0 Å². The van der Waals surface area contributed by atoms with Gasteiger partial charge in [-0.25, -0.2) is 9.98 Å². The Hall–Kier alpha value is -1.57. The van der Waals surface area contributed by atoms with E-state index in [2.05, 4.69) is 53.3 Å². The van der Waals surface area contributed by atoms with Crippen LogP contribution in [0.4, 0.5) is 0 Å². The molecule has 25 heavy (non-hydrogen) atoms. The molecule has 0 aliphatic carbocycles. The largest absolute Gasteiger partial charge is 0.357 e. The van der Waals surface area contributed by atoms with Crippen LogP contribution in [-0.2, 0) is 6.54 Å². The van der Waals surface area contributed by atoms with Gasteiger partial charge >= 0.3 is 0 Å². The summed E-state index contributed by atoms with van der Waals surface area (Å²) >= 11 is 0. The maximum Gasteiger partial charge on any atom is 0.194 e. The van der Waals surface area contributed by atoms with Gasteiger partial charge in [-0.2, -0.15) is 0 Å². The molecule has 0 atom stereocenters. The molecule has 5 nitrogen and oxygen atoms in total. The highest BCUT2D eigenvalue weighted by molar-refractivity contribution is 14.0. The molecule has 0 bridgehead atoms. The molecule has 1 aliphatic rings. The molecular formula is C19H28IN5. The minimum Gasteiger partial charge on any atom is -0.357 e. The first-order valence-electron chi connectivity index (χ1n) is 8.87. The minimum atomic E-state index is 0.